The fourth-order valence-corrected chi connectivity index (χ4v) is 1.97. The van der Waals surface area contributed by atoms with Gasteiger partial charge in [0.1, 0.15) is 0 Å². The SMILES string of the molecule is Cn1ncc(C=O)c1CCN1CCOCC1. The predicted molar refractivity (Wildman–Crippen MR) is 59.6 cm³/mol. The van der Waals surface area contributed by atoms with Crippen LogP contribution in [-0.4, -0.2) is 53.8 Å². The van der Waals surface area contributed by atoms with Gasteiger partial charge >= 0.3 is 0 Å². The van der Waals surface area contributed by atoms with Crippen LogP contribution in [0.4, 0.5) is 0 Å². The van der Waals surface area contributed by atoms with E-state index in [1.54, 1.807) is 10.9 Å². The lowest BCUT2D eigenvalue weighted by Crippen LogP contribution is -2.37. The Morgan fingerprint density at radius 1 is 1.50 bits per heavy atom. The van der Waals surface area contributed by atoms with Crippen molar-refractivity contribution < 1.29 is 9.53 Å². The first-order valence-corrected chi connectivity index (χ1v) is 5.57. The van der Waals surface area contributed by atoms with E-state index in [1.165, 1.54) is 0 Å². The monoisotopic (exact) mass is 223 g/mol. The minimum absolute atomic E-state index is 0.704. The molecule has 0 spiro atoms. The van der Waals surface area contributed by atoms with Crippen molar-refractivity contribution in [3.05, 3.63) is 17.5 Å². The van der Waals surface area contributed by atoms with Crippen molar-refractivity contribution in [3.63, 3.8) is 0 Å². The minimum Gasteiger partial charge on any atom is -0.379 e. The Balaban J connectivity index is 1.92. The summed E-state index contributed by atoms with van der Waals surface area (Å²) in [7, 11) is 1.88. The summed E-state index contributed by atoms with van der Waals surface area (Å²) >= 11 is 0. The van der Waals surface area contributed by atoms with Crippen LogP contribution >= 0.6 is 0 Å². The summed E-state index contributed by atoms with van der Waals surface area (Å²) in [5.74, 6) is 0. The number of carbonyl (C=O) groups excluding carboxylic acids is 1. The highest BCUT2D eigenvalue weighted by molar-refractivity contribution is 5.75. The second-order valence-electron chi connectivity index (χ2n) is 3.99. The Bertz CT molecular complexity index is 356. The number of rotatable bonds is 4. The molecule has 1 aliphatic rings. The first-order valence-electron chi connectivity index (χ1n) is 5.57. The van der Waals surface area contributed by atoms with E-state index in [1.807, 2.05) is 7.05 Å². The van der Waals surface area contributed by atoms with Crippen LogP contribution in [0.3, 0.4) is 0 Å². The van der Waals surface area contributed by atoms with Crippen molar-refractivity contribution in [3.8, 4) is 0 Å². The van der Waals surface area contributed by atoms with E-state index in [-0.39, 0.29) is 0 Å². The quantitative estimate of drug-likeness (QED) is 0.680. The summed E-state index contributed by atoms with van der Waals surface area (Å²) in [4.78, 5) is 13.2. The highest BCUT2D eigenvalue weighted by Crippen LogP contribution is 2.07. The number of ether oxygens (including phenoxy) is 1. The molecule has 0 atom stereocenters. The van der Waals surface area contributed by atoms with Crippen LogP contribution < -0.4 is 0 Å². The molecule has 1 aromatic heterocycles. The number of nitrogens with zero attached hydrogens (tertiary/aromatic N) is 3. The van der Waals surface area contributed by atoms with Crippen molar-refractivity contribution in [1.82, 2.24) is 14.7 Å². The van der Waals surface area contributed by atoms with E-state index in [4.69, 9.17) is 4.74 Å². The maximum atomic E-state index is 10.8. The number of morpholine rings is 1. The van der Waals surface area contributed by atoms with Crippen LogP contribution in [0.25, 0.3) is 0 Å². The normalized spacial score (nSPS) is 17.6. The molecule has 88 valence electrons. The van der Waals surface area contributed by atoms with E-state index in [0.29, 0.717) is 5.56 Å². The van der Waals surface area contributed by atoms with Crippen LogP contribution in [0.1, 0.15) is 16.1 Å². The Hall–Kier alpha value is -1.20. The van der Waals surface area contributed by atoms with Gasteiger partial charge in [0, 0.05) is 38.8 Å². The molecule has 1 fully saturated rings. The van der Waals surface area contributed by atoms with Crippen LogP contribution in [0, 0.1) is 0 Å². The molecule has 16 heavy (non-hydrogen) atoms. The molecule has 0 N–H and O–H groups in total. The molecule has 2 heterocycles. The van der Waals surface area contributed by atoms with Crippen molar-refractivity contribution in [2.24, 2.45) is 7.05 Å². The van der Waals surface area contributed by atoms with Gasteiger partial charge in [-0.2, -0.15) is 5.10 Å². The molecule has 0 saturated carbocycles. The largest absolute Gasteiger partial charge is 0.379 e. The summed E-state index contributed by atoms with van der Waals surface area (Å²) in [5.41, 5.74) is 1.72. The first kappa shape index (κ1) is 11.3. The van der Waals surface area contributed by atoms with Crippen molar-refractivity contribution >= 4 is 6.29 Å². The second kappa shape index (κ2) is 5.23. The van der Waals surface area contributed by atoms with Gasteiger partial charge in [0.25, 0.3) is 0 Å². The first-order chi connectivity index (χ1) is 7.81. The molecular weight excluding hydrogens is 206 g/mol. The summed E-state index contributed by atoms with van der Waals surface area (Å²) < 4.78 is 7.07. The Morgan fingerprint density at radius 2 is 2.25 bits per heavy atom. The third-order valence-electron chi connectivity index (χ3n) is 2.99. The zero-order valence-corrected chi connectivity index (χ0v) is 9.56. The van der Waals surface area contributed by atoms with Gasteiger partial charge in [-0.3, -0.25) is 14.4 Å². The molecule has 2 rings (SSSR count). The Kier molecular flexibility index (Phi) is 3.69. The van der Waals surface area contributed by atoms with E-state index >= 15 is 0 Å². The fourth-order valence-electron chi connectivity index (χ4n) is 1.97. The number of hydrogen-bond acceptors (Lipinski definition) is 4. The second-order valence-corrected chi connectivity index (χ2v) is 3.99. The smallest absolute Gasteiger partial charge is 0.153 e. The molecule has 5 heteroatoms. The molecule has 0 amide bonds. The molecule has 0 radical (unpaired) electrons. The van der Waals surface area contributed by atoms with Crippen LogP contribution in [-0.2, 0) is 18.2 Å². The van der Waals surface area contributed by atoms with Gasteiger partial charge in [0.05, 0.1) is 25.0 Å². The lowest BCUT2D eigenvalue weighted by atomic mass is 10.2. The molecule has 0 unspecified atom stereocenters. The van der Waals surface area contributed by atoms with Gasteiger partial charge in [-0.15, -0.1) is 0 Å². The summed E-state index contributed by atoms with van der Waals surface area (Å²) in [6, 6.07) is 0. The van der Waals surface area contributed by atoms with Crippen molar-refractivity contribution in [2.75, 3.05) is 32.8 Å². The number of aldehydes is 1. The van der Waals surface area contributed by atoms with Gasteiger partial charge in [0.15, 0.2) is 6.29 Å². The highest BCUT2D eigenvalue weighted by atomic mass is 16.5. The minimum atomic E-state index is 0.704. The Labute approximate surface area is 95.0 Å². The third kappa shape index (κ3) is 2.48. The molecule has 1 saturated heterocycles. The topological polar surface area (TPSA) is 47.4 Å². The molecule has 1 aliphatic heterocycles. The third-order valence-corrected chi connectivity index (χ3v) is 2.99. The molecule has 1 aromatic rings. The van der Waals surface area contributed by atoms with Gasteiger partial charge in [0.2, 0.25) is 0 Å². The average molecular weight is 223 g/mol. The van der Waals surface area contributed by atoms with E-state index in [0.717, 1.165) is 51.2 Å². The fraction of sp³-hybridized carbons (Fsp3) is 0.636. The zero-order valence-electron chi connectivity index (χ0n) is 9.56. The molecular formula is C11H17N3O2. The molecule has 0 bridgehead atoms. The highest BCUT2D eigenvalue weighted by Gasteiger charge is 2.13. The van der Waals surface area contributed by atoms with Crippen LogP contribution in [0.15, 0.2) is 6.20 Å². The van der Waals surface area contributed by atoms with Crippen LogP contribution in [0.5, 0.6) is 0 Å². The van der Waals surface area contributed by atoms with Gasteiger partial charge in [-0.05, 0) is 0 Å². The Morgan fingerprint density at radius 3 is 2.94 bits per heavy atom. The molecule has 5 nitrogen and oxygen atoms in total. The maximum absolute atomic E-state index is 10.8. The van der Waals surface area contributed by atoms with Crippen LogP contribution in [0.2, 0.25) is 0 Å². The molecule has 0 aromatic carbocycles. The van der Waals surface area contributed by atoms with E-state index < -0.39 is 0 Å². The summed E-state index contributed by atoms with van der Waals surface area (Å²) in [6.07, 6.45) is 3.37. The average Bonchev–Trinajstić information content (AvgIpc) is 2.69. The van der Waals surface area contributed by atoms with E-state index in [2.05, 4.69) is 10.00 Å². The van der Waals surface area contributed by atoms with Gasteiger partial charge in [-0.1, -0.05) is 0 Å². The maximum Gasteiger partial charge on any atom is 0.153 e. The summed E-state index contributed by atoms with van der Waals surface area (Å²) in [5, 5.41) is 4.09. The zero-order chi connectivity index (χ0) is 11.4. The summed E-state index contributed by atoms with van der Waals surface area (Å²) in [6.45, 7) is 4.55. The van der Waals surface area contributed by atoms with Crippen molar-refractivity contribution in [1.29, 1.82) is 0 Å². The van der Waals surface area contributed by atoms with E-state index in [9.17, 15) is 4.79 Å². The standard InChI is InChI=1S/C11H17N3O2/c1-13-11(10(9-15)8-12-13)2-3-14-4-6-16-7-5-14/h8-9H,2-7H2,1H3. The number of hydrogen-bond donors (Lipinski definition) is 0. The lowest BCUT2D eigenvalue weighted by Gasteiger charge is -2.26. The lowest BCUT2D eigenvalue weighted by molar-refractivity contribution is 0.0382. The van der Waals surface area contributed by atoms with Gasteiger partial charge in [-0.25, -0.2) is 0 Å². The molecule has 0 aliphatic carbocycles. The van der Waals surface area contributed by atoms with Gasteiger partial charge < -0.3 is 4.74 Å². The predicted octanol–water partition coefficient (Wildman–Crippen LogP) is 0.107. The number of carbonyl (C=O) groups is 1. The number of aryl methyl sites for hydroxylation is 1. The van der Waals surface area contributed by atoms with Crippen molar-refractivity contribution in [2.45, 2.75) is 6.42 Å². The number of aromatic nitrogens is 2.